The zero-order valence-electron chi connectivity index (χ0n) is 18.7. The summed E-state index contributed by atoms with van der Waals surface area (Å²) in [6.45, 7) is 5.20. The van der Waals surface area contributed by atoms with E-state index >= 15 is 0 Å². The third-order valence-corrected chi connectivity index (χ3v) is 7.43. The summed E-state index contributed by atoms with van der Waals surface area (Å²) in [7, 11) is -4.23. The number of halogens is 1. The molecule has 3 rings (SSSR count). The van der Waals surface area contributed by atoms with Gasteiger partial charge in [0, 0.05) is 5.02 Å². The van der Waals surface area contributed by atoms with Gasteiger partial charge in [-0.15, -0.1) is 0 Å². The molecule has 2 aromatic rings. The Labute approximate surface area is 199 Å². The highest BCUT2D eigenvalue weighted by atomic mass is 35.5. The van der Waals surface area contributed by atoms with E-state index in [1.807, 2.05) is 6.92 Å². The SMILES string of the molecule is CCOC(=O)C1=CC[C@@H](c2ccc(Cl)cc2)N(S(=O)(=O)c2ccc(C)cc2)[C@H]1C(=O)OCC. The predicted molar refractivity (Wildman–Crippen MR) is 124 cm³/mol. The number of carbonyl (C=O) groups is 2. The Morgan fingerprint density at radius 3 is 2.18 bits per heavy atom. The Morgan fingerprint density at radius 1 is 1.00 bits per heavy atom. The van der Waals surface area contributed by atoms with E-state index in [1.165, 1.54) is 12.1 Å². The summed E-state index contributed by atoms with van der Waals surface area (Å²) in [5.41, 5.74) is 1.45. The average Bonchev–Trinajstić information content (AvgIpc) is 2.79. The van der Waals surface area contributed by atoms with E-state index < -0.39 is 34.0 Å². The van der Waals surface area contributed by atoms with Gasteiger partial charge in [0.2, 0.25) is 10.0 Å². The molecule has 2 aromatic carbocycles. The highest BCUT2D eigenvalue weighted by Gasteiger charge is 2.48. The minimum Gasteiger partial charge on any atom is -0.465 e. The Hall–Kier alpha value is -2.68. The molecule has 2 atom stereocenters. The number of sulfonamides is 1. The van der Waals surface area contributed by atoms with Gasteiger partial charge in [-0.3, -0.25) is 0 Å². The molecule has 1 aliphatic rings. The van der Waals surface area contributed by atoms with Crippen molar-refractivity contribution in [3.8, 4) is 0 Å². The number of hydrogen-bond acceptors (Lipinski definition) is 6. The molecular weight excluding hydrogens is 466 g/mol. The largest absolute Gasteiger partial charge is 0.465 e. The van der Waals surface area contributed by atoms with Gasteiger partial charge in [-0.2, -0.15) is 4.31 Å². The quantitative estimate of drug-likeness (QED) is 0.539. The Balaban J connectivity index is 2.23. The molecule has 176 valence electrons. The highest BCUT2D eigenvalue weighted by molar-refractivity contribution is 7.89. The van der Waals surface area contributed by atoms with Crippen molar-refractivity contribution in [1.82, 2.24) is 4.31 Å². The topological polar surface area (TPSA) is 90.0 Å². The summed E-state index contributed by atoms with van der Waals surface area (Å²) >= 11 is 6.03. The van der Waals surface area contributed by atoms with Crippen LogP contribution < -0.4 is 0 Å². The van der Waals surface area contributed by atoms with Crippen LogP contribution in [0.3, 0.4) is 0 Å². The maximum atomic E-state index is 13.9. The lowest BCUT2D eigenvalue weighted by atomic mass is 9.93. The molecule has 7 nitrogen and oxygen atoms in total. The van der Waals surface area contributed by atoms with Crippen LogP contribution in [-0.4, -0.2) is 43.9 Å². The van der Waals surface area contributed by atoms with Crippen molar-refractivity contribution in [3.05, 3.63) is 76.3 Å². The smallest absolute Gasteiger partial charge is 0.335 e. The van der Waals surface area contributed by atoms with Gasteiger partial charge in [0.05, 0.1) is 29.7 Å². The van der Waals surface area contributed by atoms with Crippen LogP contribution in [0.4, 0.5) is 0 Å². The molecule has 0 N–H and O–H groups in total. The van der Waals surface area contributed by atoms with Gasteiger partial charge in [-0.1, -0.05) is 47.5 Å². The van der Waals surface area contributed by atoms with Crippen molar-refractivity contribution in [2.24, 2.45) is 0 Å². The first kappa shape index (κ1) is 25.0. The average molecular weight is 492 g/mol. The highest BCUT2D eigenvalue weighted by Crippen LogP contribution is 2.39. The van der Waals surface area contributed by atoms with Gasteiger partial charge in [0.25, 0.3) is 0 Å². The lowest BCUT2D eigenvalue weighted by Gasteiger charge is -2.39. The molecule has 0 radical (unpaired) electrons. The summed E-state index contributed by atoms with van der Waals surface area (Å²) in [4.78, 5) is 25.8. The summed E-state index contributed by atoms with van der Waals surface area (Å²) in [5, 5.41) is 0.493. The molecule has 33 heavy (non-hydrogen) atoms. The van der Waals surface area contributed by atoms with E-state index in [0.717, 1.165) is 9.87 Å². The van der Waals surface area contributed by atoms with Gasteiger partial charge in [0.1, 0.15) is 0 Å². The van der Waals surface area contributed by atoms with E-state index in [1.54, 1.807) is 56.3 Å². The van der Waals surface area contributed by atoms with E-state index in [0.29, 0.717) is 10.6 Å². The number of ether oxygens (including phenoxy) is 2. The standard InChI is InChI=1S/C24H26ClNO6S/c1-4-31-23(27)20-14-15-21(17-8-10-18(25)11-9-17)26(22(20)24(28)32-5-2)33(29,30)19-12-6-16(3)7-13-19/h6-14,21-22H,4-5,15H2,1-3H3/t21-,22+/m0/s1. The van der Waals surface area contributed by atoms with Crippen LogP contribution in [0.5, 0.6) is 0 Å². The first-order valence-electron chi connectivity index (χ1n) is 10.6. The van der Waals surface area contributed by atoms with Gasteiger partial charge in [0.15, 0.2) is 6.04 Å². The number of hydrogen-bond donors (Lipinski definition) is 0. The minimum absolute atomic E-state index is 0.00599. The normalized spacial score (nSPS) is 19.0. The molecule has 9 heteroatoms. The third-order valence-electron chi connectivity index (χ3n) is 5.29. The van der Waals surface area contributed by atoms with Crippen LogP contribution in [0.25, 0.3) is 0 Å². The van der Waals surface area contributed by atoms with Crippen molar-refractivity contribution in [1.29, 1.82) is 0 Å². The van der Waals surface area contributed by atoms with Gasteiger partial charge < -0.3 is 9.47 Å². The van der Waals surface area contributed by atoms with Crippen LogP contribution in [-0.2, 0) is 29.1 Å². The van der Waals surface area contributed by atoms with Crippen molar-refractivity contribution in [2.75, 3.05) is 13.2 Å². The van der Waals surface area contributed by atoms with E-state index in [9.17, 15) is 18.0 Å². The zero-order chi connectivity index (χ0) is 24.2. The van der Waals surface area contributed by atoms with Crippen molar-refractivity contribution in [3.63, 3.8) is 0 Å². The van der Waals surface area contributed by atoms with Crippen molar-refractivity contribution < 1.29 is 27.5 Å². The monoisotopic (exact) mass is 491 g/mol. The molecule has 0 fully saturated rings. The van der Waals surface area contributed by atoms with Crippen molar-refractivity contribution >= 4 is 33.6 Å². The number of esters is 2. The van der Waals surface area contributed by atoms with Crippen LogP contribution in [0, 0.1) is 6.92 Å². The maximum Gasteiger partial charge on any atom is 0.335 e. The summed E-state index contributed by atoms with van der Waals surface area (Å²) in [5.74, 6) is -1.60. The summed E-state index contributed by atoms with van der Waals surface area (Å²) in [6.07, 6.45) is 1.72. The predicted octanol–water partition coefficient (Wildman–Crippen LogP) is 4.21. The van der Waals surface area contributed by atoms with E-state index in [-0.39, 0.29) is 30.1 Å². The maximum absolute atomic E-state index is 13.9. The zero-order valence-corrected chi connectivity index (χ0v) is 20.2. The lowest BCUT2D eigenvalue weighted by molar-refractivity contribution is -0.150. The number of aryl methyl sites for hydroxylation is 1. The molecule has 0 aromatic heterocycles. The van der Waals surface area contributed by atoms with E-state index in [2.05, 4.69) is 0 Å². The molecule has 0 saturated carbocycles. The Morgan fingerprint density at radius 2 is 1.61 bits per heavy atom. The third kappa shape index (κ3) is 5.29. The second-order valence-electron chi connectivity index (χ2n) is 7.49. The first-order chi connectivity index (χ1) is 15.7. The molecule has 0 bridgehead atoms. The number of carbonyl (C=O) groups excluding carboxylic acids is 2. The Bertz CT molecular complexity index is 1140. The van der Waals surface area contributed by atoms with Crippen LogP contribution in [0.15, 0.2) is 65.1 Å². The summed E-state index contributed by atoms with van der Waals surface area (Å²) in [6, 6.07) is 10.8. The molecular formula is C24H26ClNO6S. The fraction of sp³-hybridized carbons (Fsp3) is 0.333. The molecule has 0 saturated heterocycles. The Kier molecular flexibility index (Phi) is 7.94. The molecule has 1 aliphatic heterocycles. The van der Waals surface area contributed by atoms with Crippen LogP contribution in [0.1, 0.15) is 37.4 Å². The second kappa shape index (κ2) is 10.5. The molecule has 0 aliphatic carbocycles. The summed E-state index contributed by atoms with van der Waals surface area (Å²) < 4.78 is 39.2. The number of rotatable bonds is 7. The van der Waals surface area contributed by atoms with Crippen molar-refractivity contribution in [2.45, 2.75) is 44.2 Å². The second-order valence-corrected chi connectivity index (χ2v) is 9.77. The molecule has 0 amide bonds. The first-order valence-corrected chi connectivity index (χ1v) is 12.4. The van der Waals surface area contributed by atoms with Gasteiger partial charge in [-0.05, 0) is 57.0 Å². The molecule has 1 heterocycles. The number of benzene rings is 2. The van der Waals surface area contributed by atoms with Crippen LogP contribution >= 0.6 is 11.6 Å². The van der Waals surface area contributed by atoms with Crippen LogP contribution in [0.2, 0.25) is 5.02 Å². The minimum atomic E-state index is -4.23. The van der Waals surface area contributed by atoms with Gasteiger partial charge in [-0.25, -0.2) is 18.0 Å². The molecule has 0 spiro atoms. The van der Waals surface area contributed by atoms with Gasteiger partial charge >= 0.3 is 11.9 Å². The lowest BCUT2D eigenvalue weighted by Crippen LogP contribution is -2.52. The fourth-order valence-corrected chi connectivity index (χ4v) is 5.61. The fourth-order valence-electron chi connectivity index (χ4n) is 3.74. The molecule has 0 unspecified atom stereocenters. The van der Waals surface area contributed by atoms with E-state index in [4.69, 9.17) is 21.1 Å². The number of nitrogens with zero attached hydrogens (tertiary/aromatic N) is 1.